The first-order valence-electron chi connectivity index (χ1n) is 8.28. The average molecular weight is 353 g/mol. The quantitative estimate of drug-likeness (QED) is 0.532. The van der Waals surface area contributed by atoms with Gasteiger partial charge in [0.1, 0.15) is 5.65 Å². The highest BCUT2D eigenvalue weighted by Crippen LogP contribution is 2.35. The summed E-state index contributed by atoms with van der Waals surface area (Å²) in [6.07, 6.45) is 4.52. The van der Waals surface area contributed by atoms with Gasteiger partial charge < -0.3 is 26.0 Å². The third-order valence-electron chi connectivity index (χ3n) is 4.52. The van der Waals surface area contributed by atoms with Crippen LogP contribution in [0.25, 0.3) is 22.3 Å². The molecule has 3 aromatic rings. The molecule has 1 fully saturated rings. The number of nitrogen functional groups attached to an aromatic ring is 1. The number of carbonyl (C=O) groups is 1. The number of amides is 1. The maximum Gasteiger partial charge on any atom is 0.220 e. The fourth-order valence-corrected chi connectivity index (χ4v) is 3.41. The van der Waals surface area contributed by atoms with E-state index >= 15 is 0 Å². The van der Waals surface area contributed by atoms with E-state index in [1.807, 2.05) is 17.2 Å². The second-order valence-corrected chi connectivity index (χ2v) is 6.34. The van der Waals surface area contributed by atoms with Crippen LogP contribution in [-0.4, -0.2) is 56.2 Å². The van der Waals surface area contributed by atoms with Gasteiger partial charge in [-0.1, -0.05) is 0 Å². The molecule has 4 rings (SSSR count). The van der Waals surface area contributed by atoms with E-state index in [2.05, 4.69) is 25.3 Å². The smallest absolute Gasteiger partial charge is 0.220 e. The van der Waals surface area contributed by atoms with Crippen LogP contribution >= 0.6 is 0 Å². The maximum atomic E-state index is 11.3. The number of aliphatic hydroxyl groups excluding tert-OH is 1. The third kappa shape index (κ3) is 2.82. The minimum Gasteiger partial charge on any atom is -0.389 e. The van der Waals surface area contributed by atoms with Gasteiger partial charge in [-0.3, -0.25) is 4.79 Å². The van der Waals surface area contributed by atoms with E-state index in [4.69, 9.17) is 5.73 Å². The summed E-state index contributed by atoms with van der Waals surface area (Å²) < 4.78 is 0. The summed E-state index contributed by atoms with van der Waals surface area (Å²) >= 11 is 0. The van der Waals surface area contributed by atoms with Crippen molar-refractivity contribution < 1.29 is 9.90 Å². The first kappa shape index (κ1) is 16.3. The van der Waals surface area contributed by atoms with Crippen LogP contribution in [0.15, 0.2) is 30.7 Å². The standard InChI is InChI=1S/C17H19N7O2/c1-9(25)22-12-7-24(8-14(12)26)13-3-5-19-16-15(13)10(6-21-16)11-2-4-20-17(18)23-11/h2-6,12,14,26H,7-8H2,1H3,(H,19,21)(H,22,25)(H2,18,20,23). The molecule has 2 unspecified atom stereocenters. The number of aliphatic hydroxyl groups is 1. The van der Waals surface area contributed by atoms with E-state index in [0.717, 1.165) is 16.6 Å². The van der Waals surface area contributed by atoms with Gasteiger partial charge in [0, 0.05) is 44.2 Å². The Balaban J connectivity index is 1.77. The van der Waals surface area contributed by atoms with Gasteiger partial charge >= 0.3 is 0 Å². The van der Waals surface area contributed by atoms with Gasteiger partial charge in [0.15, 0.2) is 0 Å². The summed E-state index contributed by atoms with van der Waals surface area (Å²) in [5.74, 6) is 0.0409. The molecule has 5 N–H and O–H groups in total. The molecule has 1 aliphatic heterocycles. The largest absolute Gasteiger partial charge is 0.389 e. The maximum absolute atomic E-state index is 11.3. The lowest BCUT2D eigenvalue weighted by molar-refractivity contribution is -0.120. The van der Waals surface area contributed by atoms with Crippen molar-refractivity contribution in [1.29, 1.82) is 0 Å². The summed E-state index contributed by atoms with van der Waals surface area (Å²) in [7, 11) is 0. The van der Waals surface area contributed by atoms with E-state index in [0.29, 0.717) is 24.4 Å². The Morgan fingerprint density at radius 1 is 1.35 bits per heavy atom. The molecule has 1 aliphatic rings. The van der Waals surface area contributed by atoms with E-state index in [-0.39, 0.29) is 17.9 Å². The molecule has 0 aromatic carbocycles. The van der Waals surface area contributed by atoms with Gasteiger partial charge in [-0.2, -0.15) is 0 Å². The monoisotopic (exact) mass is 353 g/mol. The van der Waals surface area contributed by atoms with Crippen molar-refractivity contribution in [2.45, 2.75) is 19.1 Å². The Labute approximate surface area is 149 Å². The zero-order valence-electron chi connectivity index (χ0n) is 14.2. The third-order valence-corrected chi connectivity index (χ3v) is 4.52. The van der Waals surface area contributed by atoms with Gasteiger partial charge in [-0.05, 0) is 12.1 Å². The average Bonchev–Trinajstić information content (AvgIpc) is 3.18. The number of β-amino-alcohol motifs (C(OH)–C–C–N with tert-alkyl or cyclic N) is 1. The molecule has 26 heavy (non-hydrogen) atoms. The SMILES string of the molecule is CC(=O)NC1CN(c2ccnc3[nH]cc(-c4ccnc(N)n4)c23)CC1O. The van der Waals surface area contributed by atoms with Crippen LogP contribution in [0.2, 0.25) is 0 Å². The lowest BCUT2D eigenvalue weighted by atomic mass is 10.1. The van der Waals surface area contributed by atoms with Crippen LogP contribution < -0.4 is 16.0 Å². The van der Waals surface area contributed by atoms with Gasteiger partial charge in [-0.25, -0.2) is 15.0 Å². The molecule has 4 heterocycles. The zero-order valence-corrected chi connectivity index (χ0v) is 14.2. The number of hydrogen-bond acceptors (Lipinski definition) is 7. The first-order chi connectivity index (χ1) is 12.5. The van der Waals surface area contributed by atoms with Crippen LogP contribution in [0.3, 0.4) is 0 Å². The predicted molar refractivity (Wildman–Crippen MR) is 97.4 cm³/mol. The molecule has 0 radical (unpaired) electrons. The number of carbonyl (C=O) groups excluding carboxylic acids is 1. The Morgan fingerprint density at radius 2 is 2.15 bits per heavy atom. The van der Waals surface area contributed by atoms with Crippen molar-refractivity contribution in [2.24, 2.45) is 0 Å². The molecule has 9 heteroatoms. The number of nitrogens with zero attached hydrogens (tertiary/aromatic N) is 4. The van der Waals surface area contributed by atoms with E-state index in [9.17, 15) is 9.90 Å². The number of pyridine rings is 1. The van der Waals surface area contributed by atoms with Gasteiger partial charge in [-0.15, -0.1) is 0 Å². The Kier molecular flexibility index (Phi) is 3.92. The summed E-state index contributed by atoms with van der Waals surface area (Å²) in [4.78, 5) is 29.2. The minimum atomic E-state index is -0.640. The summed E-state index contributed by atoms with van der Waals surface area (Å²) in [5.41, 5.74) is 8.89. The van der Waals surface area contributed by atoms with Crippen LogP contribution in [0.5, 0.6) is 0 Å². The highest BCUT2D eigenvalue weighted by Gasteiger charge is 2.33. The molecule has 134 valence electrons. The molecule has 0 aliphatic carbocycles. The minimum absolute atomic E-state index is 0.158. The Bertz CT molecular complexity index is 971. The predicted octanol–water partition coefficient (Wildman–Crippen LogP) is 0.288. The van der Waals surface area contributed by atoms with E-state index < -0.39 is 6.10 Å². The molecule has 9 nitrogen and oxygen atoms in total. The second-order valence-electron chi connectivity index (χ2n) is 6.34. The zero-order chi connectivity index (χ0) is 18.3. The molecule has 0 bridgehead atoms. The molecule has 0 saturated carbocycles. The van der Waals surface area contributed by atoms with Crippen molar-refractivity contribution >= 4 is 28.6 Å². The summed E-state index contributed by atoms with van der Waals surface area (Å²) in [6.45, 7) is 2.38. The van der Waals surface area contributed by atoms with Crippen LogP contribution in [-0.2, 0) is 4.79 Å². The molecule has 3 aromatic heterocycles. The number of nitrogens with one attached hydrogen (secondary N) is 2. The van der Waals surface area contributed by atoms with Crippen molar-refractivity contribution in [3.8, 4) is 11.3 Å². The molecule has 2 atom stereocenters. The highest BCUT2D eigenvalue weighted by molar-refractivity contribution is 6.02. The fraction of sp³-hybridized carbons (Fsp3) is 0.294. The summed E-state index contributed by atoms with van der Waals surface area (Å²) in [5, 5.41) is 14.0. The van der Waals surface area contributed by atoms with Crippen molar-refractivity contribution in [1.82, 2.24) is 25.3 Å². The normalized spacial score (nSPS) is 19.8. The van der Waals surface area contributed by atoms with E-state index in [1.54, 1.807) is 18.5 Å². The number of rotatable bonds is 3. The van der Waals surface area contributed by atoms with Crippen LogP contribution in [0.4, 0.5) is 11.6 Å². The molecule has 0 spiro atoms. The van der Waals surface area contributed by atoms with Gasteiger partial charge in [0.2, 0.25) is 11.9 Å². The number of aromatic nitrogens is 4. The number of H-pyrrole nitrogens is 1. The Morgan fingerprint density at radius 3 is 2.92 bits per heavy atom. The topological polar surface area (TPSA) is 133 Å². The van der Waals surface area contributed by atoms with Crippen LogP contribution in [0, 0.1) is 0 Å². The van der Waals surface area contributed by atoms with E-state index in [1.165, 1.54) is 6.92 Å². The summed E-state index contributed by atoms with van der Waals surface area (Å²) in [6, 6.07) is 3.37. The van der Waals surface area contributed by atoms with Crippen LogP contribution in [0.1, 0.15) is 6.92 Å². The second kappa shape index (κ2) is 6.26. The molecule has 1 amide bonds. The highest BCUT2D eigenvalue weighted by atomic mass is 16.3. The first-order valence-corrected chi connectivity index (χ1v) is 8.28. The van der Waals surface area contributed by atoms with Gasteiger partial charge in [0.25, 0.3) is 0 Å². The van der Waals surface area contributed by atoms with Crippen molar-refractivity contribution in [2.75, 3.05) is 23.7 Å². The van der Waals surface area contributed by atoms with Gasteiger partial charge in [0.05, 0.1) is 28.9 Å². The van der Waals surface area contributed by atoms with Crippen molar-refractivity contribution in [3.05, 3.63) is 30.7 Å². The number of fused-ring (bicyclic) bond motifs is 1. The fourth-order valence-electron chi connectivity index (χ4n) is 3.41. The lowest BCUT2D eigenvalue weighted by Gasteiger charge is -2.20. The number of nitrogens with two attached hydrogens (primary N) is 1. The number of aromatic amines is 1. The number of hydrogen-bond donors (Lipinski definition) is 4. The lowest BCUT2D eigenvalue weighted by Crippen LogP contribution is -2.41. The number of anilines is 2. The van der Waals surface area contributed by atoms with Crippen molar-refractivity contribution in [3.63, 3.8) is 0 Å². The molecular formula is C17H19N7O2. The Hall–Kier alpha value is -3.20. The molecular weight excluding hydrogens is 334 g/mol. The molecule has 1 saturated heterocycles.